The molecule has 0 bridgehead atoms. The molecule has 1 aromatic carbocycles. The first-order chi connectivity index (χ1) is 13.3. The molecule has 2 fully saturated rings. The largest absolute Gasteiger partial charge is 0.423 e. The number of carbonyl (C=O) groups excluding carboxylic acids is 1. The molecular weight excluding hydrogens is 344 g/mol. The number of anilines is 1. The van der Waals surface area contributed by atoms with E-state index in [1.54, 1.807) is 0 Å². The molecule has 0 aliphatic carbocycles. The Morgan fingerprint density at radius 2 is 1.93 bits per heavy atom. The second-order valence-corrected chi connectivity index (χ2v) is 7.32. The minimum atomic E-state index is 0.0917. The standard InChI is InChI=1S/C20H28N4O3/c25-19(21-8-3-9-23-12-14-26-15-13-23)16-6-10-24(11-7-16)20-22-17-4-1-2-5-18(17)27-20/h1-2,4-5,16H,3,6-15H2,(H,21,25). The molecular formula is C20H28N4O3. The topological polar surface area (TPSA) is 70.8 Å². The highest BCUT2D eigenvalue weighted by Gasteiger charge is 2.27. The summed E-state index contributed by atoms with van der Waals surface area (Å²) in [6, 6.07) is 8.47. The Labute approximate surface area is 159 Å². The van der Waals surface area contributed by atoms with Crippen LogP contribution in [0.4, 0.5) is 6.01 Å². The molecule has 2 aromatic rings. The average Bonchev–Trinajstić information content (AvgIpc) is 3.16. The summed E-state index contributed by atoms with van der Waals surface area (Å²) in [5.41, 5.74) is 1.69. The summed E-state index contributed by atoms with van der Waals surface area (Å²) in [6.07, 6.45) is 2.68. The Hall–Kier alpha value is -2.12. The number of carbonyl (C=O) groups is 1. The lowest BCUT2D eigenvalue weighted by molar-refractivity contribution is -0.125. The SMILES string of the molecule is O=C(NCCCN1CCOCC1)C1CCN(c2nc3ccccc3o2)CC1. The Kier molecular flexibility index (Phi) is 5.89. The summed E-state index contributed by atoms with van der Waals surface area (Å²) in [5.74, 6) is 0.281. The Balaban J connectivity index is 1.18. The van der Waals surface area contributed by atoms with E-state index in [1.165, 1.54) is 0 Å². The van der Waals surface area contributed by atoms with Crippen LogP contribution in [0.25, 0.3) is 11.1 Å². The van der Waals surface area contributed by atoms with E-state index in [0.717, 1.165) is 82.8 Å². The highest BCUT2D eigenvalue weighted by molar-refractivity contribution is 5.79. The van der Waals surface area contributed by atoms with Gasteiger partial charge in [-0.25, -0.2) is 0 Å². The Bertz CT molecular complexity index is 716. The number of morpholine rings is 1. The molecule has 146 valence electrons. The molecule has 0 radical (unpaired) electrons. The van der Waals surface area contributed by atoms with Crippen molar-refractivity contribution < 1.29 is 13.9 Å². The summed E-state index contributed by atoms with van der Waals surface area (Å²) in [4.78, 5) is 21.5. The van der Waals surface area contributed by atoms with E-state index in [4.69, 9.17) is 9.15 Å². The van der Waals surface area contributed by atoms with E-state index in [9.17, 15) is 4.79 Å². The number of hydrogen-bond acceptors (Lipinski definition) is 6. The number of oxazole rings is 1. The van der Waals surface area contributed by atoms with Crippen molar-refractivity contribution in [3.8, 4) is 0 Å². The lowest BCUT2D eigenvalue weighted by atomic mass is 9.96. The summed E-state index contributed by atoms with van der Waals surface area (Å²) in [7, 11) is 0. The van der Waals surface area contributed by atoms with Crippen LogP contribution in [-0.2, 0) is 9.53 Å². The van der Waals surface area contributed by atoms with Crippen molar-refractivity contribution >= 4 is 23.0 Å². The van der Waals surface area contributed by atoms with Gasteiger partial charge in [0.2, 0.25) is 5.91 Å². The van der Waals surface area contributed by atoms with Crippen molar-refractivity contribution in [2.24, 2.45) is 5.92 Å². The molecule has 0 spiro atoms. The lowest BCUT2D eigenvalue weighted by Gasteiger charge is -2.30. The fourth-order valence-corrected chi connectivity index (χ4v) is 3.81. The van der Waals surface area contributed by atoms with Crippen LogP contribution in [-0.4, -0.2) is 68.3 Å². The van der Waals surface area contributed by atoms with Gasteiger partial charge in [-0.1, -0.05) is 12.1 Å². The quantitative estimate of drug-likeness (QED) is 0.781. The number of nitrogens with zero attached hydrogens (tertiary/aromatic N) is 3. The molecule has 1 N–H and O–H groups in total. The number of piperidine rings is 1. The number of hydrogen-bond donors (Lipinski definition) is 1. The molecule has 0 unspecified atom stereocenters. The number of fused-ring (bicyclic) bond motifs is 1. The van der Waals surface area contributed by atoms with Gasteiger partial charge < -0.3 is 19.4 Å². The van der Waals surface area contributed by atoms with E-state index in [0.29, 0.717) is 6.01 Å². The number of ether oxygens (including phenoxy) is 1. The van der Waals surface area contributed by atoms with Crippen molar-refractivity contribution in [1.29, 1.82) is 0 Å². The zero-order valence-electron chi connectivity index (χ0n) is 15.7. The number of aromatic nitrogens is 1. The number of rotatable bonds is 6. The van der Waals surface area contributed by atoms with Crippen LogP contribution < -0.4 is 10.2 Å². The second kappa shape index (κ2) is 8.71. The van der Waals surface area contributed by atoms with Gasteiger partial charge in [-0.3, -0.25) is 9.69 Å². The number of benzene rings is 1. The van der Waals surface area contributed by atoms with Gasteiger partial charge in [0.05, 0.1) is 13.2 Å². The molecule has 0 saturated carbocycles. The summed E-state index contributed by atoms with van der Waals surface area (Å²) < 4.78 is 11.2. The monoisotopic (exact) mass is 372 g/mol. The molecule has 1 aromatic heterocycles. The van der Waals surface area contributed by atoms with E-state index in [2.05, 4.69) is 20.1 Å². The fourth-order valence-electron chi connectivity index (χ4n) is 3.81. The van der Waals surface area contributed by atoms with Crippen LogP contribution in [0, 0.1) is 5.92 Å². The van der Waals surface area contributed by atoms with Crippen molar-refractivity contribution in [3.05, 3.63) is 24.3 Å². The van der Waals surface area contributed by atoms with Crippen molar-refractivity contribution in [3.63, 3.8) is 0 Å². The van der Waals surface area contributed by atoms with Crippen LogP contribution in [0.3, 0.4) is 0 Å². The fraction of sp³-hybridized carbons (Fsp3) is 0.600. The molecule has 27 heavy (non-hydrogen) atoms. The third-order valence-corrected chi connectivity index (χ3v) is 5.47. The molecule has 0 atom stereocenters. The van der Waals surface area contributed by atoms with Gasteiger partial charge in [-0.05, 0) is 37.9 Å². The first kappa shape index (κ1) is 18.3. The third kappa shape index (κ3) is 4.59. The van der Waals surface area contributed by atoms with Gasteiger partial charge in [-0.15, -0.1) is 0 Å². The lowest BCUT2D eigenvalue weighted by Crippen LogP contribution is -2.42. The normalized spacial score (nSPS) is 19.5. The Morgan fingerprint density at radius 3 is 2.70 bits per heavy atom. The highest BCUT2D eigenvalue weighted by Crippen LogP contribution is 2.26. The van der Waals surface area contributed by atoms with Crippen molar-refractivity contribution in [1.82, 2.24) is 15.2 Å². The Morgan fingerprint density at radius 1 is 1.15 bits per heavy atom. The molecule has 1 amide bonds. The molecule has 2 aliphatic heterocycles. The number of amides is 1. The van der Waals surface area contributed by atoms with Crippen LogP contribution >= 0.6 is 0 Å². The first-order valence-corrected chi connectivity index (χ1v) is 9.98. The van der Waals surface area contributed by atoms with Crippen LogP contribution in [0.5, 0.6) is 0 Å². The molecule has 4 rings (SSSR count). The van der Waals surface area contributed by atoms with Gasteiger partial charge in [0.25, 0.3) is 6.01 Å². The van der Waals surface area contributed by atoms with Crippen molar-refractivity contribution in [2.45, 2.75) is 19.3 Å². The van der Waals surface area contributed by atoms with Gasteiger partial charge in [0.15, 0.2) is 5.58 Å². The van der Waals surface area contributed by atoms with Crippen molar-refractivity contribution in [2.75, 3.05) is 57.4 Å². The predicted molar refractivity (Wildman–Crippen MR) is 104 cm³/mol. The van der Waals surface area contributed by atoms with E-state index >= 15 is 0 Å². The van der Waals surface area contributed by atoms with Crippen LogP contribution in [0.2, 0.25) is 0 Å². The maximum atomic E-state index is 12.4. The van der Waals surface area contributed by atoms with Crippen LogP contribution in [0.15, 0.2) is 28.7 Å². The van der Waals surface area contributed by atoms with Crippen LogP contribution in [0.1, 0.15) is 19.3 Å². The molecule has 2 saturated heterocycles. The second-order valence-electron chi connectivity index (χ2n) is 7.32. The highest BCUT2D eigenvalue weighted by atomic mass is 16.5. The summed E-state index contributed by atoms with van der Waals surface area (Å²) in [5, 5.41) is 3.11. The zero-order valence-corrected chi connectivity index (χ0v) is 15.7. The van der Waals surface area contributed by atoms with Gasteiger partial charge >= 0.3 is 0 Å². The zero-order chi connectivity index (χ0) is 18.5. The number of nitrogens with one attached hydrogen (secondary N) is 1. The van der Waals surface area contributed by atoms with E-state index in [1.807, 2.05) is 24.3 Å². The maximum absolute atomic E-state index is 12.4. The van der Waals surface area contributed by atoms with Gasteiger partial charge in [-0.2, -0.15) is 4.98 Å². The average molecular weight is 372 g/mol. The number of para-hydroxylation sites is 2. The van der Waals surface area contributed by atoms with E-state index in [-0.39, 0.29) is 11.8 Å². The smallest absolute Gasteiger partial charge is 0.298 e. The minimum absolute atomic E-state index is 0.0917. The molecule has 2 aliphatic rings. The minimum Gasteiger partial charge on any atom is -0.423 e. The molecule has 3 heterocycles. The van der Waals surface area contributed by atoms with Gasteiger partial charge in [0.1, 0.15) is 5.52 Å². The predicted octanol–water partition coefficient (Wildman–Crippen LogP) is 1.88. The first-order valence-electron chi connectivity index (χ1n) is 9.98. The van der Waals surface area contributed by atoms with E-state index < -0.39 is 0 Å². The third-order valence-electron chi connectivity index (χ3n) is 5.47. The van der Waals surface area contributed by atoms with Gasteiger partial charge in [0, 0.05) is 38.6 Å². The summed E-state index contributed by atoms with van der Waals surface area (Å²) in [6.45, 7) is 7.04. The maximum Gasteiger partial charge on any atom is 0.298 e. The molecule has 7 nitrogen and oxygen atoms in total. The summed E-state index contributed by atoms with van der Waals surface area (Å²) >= 11 is 0. The molecule has 7 heteroatoms.